The van der Waals surface area contributed by atoms with Gasteiger partial charge in [0, 0.05) is 6.07 Å². The fraction of sp³-hybridized carbons (Fsp3) is 0.211. The van der Waals surface area contributed by atoms with Crippen molar-refractivity contribution in [2.24, 2.45) is 0 Å². The van der Waals surface area contributed by atoms with Crippen molar-refractivity contribution in [3.63, 3.8) is 0 Å². The first-order valence-corrected chi connectivity index (χ1v) is 8.34. The molecule has 2 aliphatic rings. The van der Waals surface area contributed by atoms with Crippen LogP contribution in [0.4, 0.5) is 0 Å². The van der Waals surface area contributed by atoms with Gasteiger partial charge in [-0.3, -0.25) is 4.79 Å². The van der Waals surface area contributed by atoms with E-state index < -0.39 is 6.29 Å². The normalized spacial score (nSPS) is 20.0. The summed E-state index contributed by atoms with van der Waals surface area (Å²) in [6, 6.07) is 4.97. The lowest BCUT2D eigenvalue weighted by molar-refractivity contribution is -0.00481. The van der Waals surface area contributed by atoms with Gasteiger partial charge >= 0.3 is 0 Å². The Morgan fingerprint density at radius 2 is 1.85 bits per heavy atom. The summed E-state index contributed by atoms with van der Waals surface area (Å²) in [4.78, 5) is 13.3. The molecule has 5 rings (SSSR count). The van der Waals surface area contributed by atoms with E-state index in [1.54, 1.807) is 24.5 Å². The number of benzene rings is 2. The second-order valence-electron chi connectivity index (χ2n) is 6.06. The van der Waals surface area contributed by atoms with Crippen LogP contribution in [-0.2, 0) is 4.74 Å². The van der Waals surface area contributed by atoms with Gasteiger partial charge in [-0.2, -0.15) is 0 Å². The predicted octanol–water partition coefficient (Wildman–Crippen LogP) is 3.96. The van der Waals surface area contributed by atoms with Gasteiger partial charge < -0.3 is 23.4 Å². The number of rotatable bonds is 2. The van der Waals surface area contributed by atoms with E-state index in [9.17, 15) is 4.79 Å². The van der Waals surface area contributed by atoms with Crippen LogP contribution in [0.1, 0.15) is 11.5 Å². The first-order valence-electron chi connectivity index (χ1n) is 7.96. The third-order valence-electron chi connectivity index (χ3n) is 4.77. The maximum Gasteiger partial charge on any atom is 0.250 e. The molecule has 0 bridgehead atoms. The van der Waals surface area contributed by atoms with Gasteiger partial charge in [-0.25, -0.2) is 0 Å². The largest absolute Gasteiger partial charge is 0.495 e. The van der Waals surface area contributed by atoms with E-state index >= 15 is 0 Å². The van der Waals surface area contributed by atoms with Crippen molar-refractivity contribution >= 4 is 33.5 Å². The molecule has 6 nitrogen and oxygen atoms in total. The van der Waals surface area contributed by atoms with Crippen LogP contribution in [0, 0.1) is 0 Å². The molecule has 2 aliphatic heterocycles. The van der Waals surface area contributed by atoms with Crippen molar-refractivity contribution < 1.29 is 23.4 Å². The Hall–Kier alpha value is -2.86. The van der Waals surface area contributed by atoms with Crippen LogP contribution < -0.4 is 19.6 Å². The maximum atomic E-state index is 13.3. The molecule has 2 aromatic carbocycles. The molecule has 0 aliphatic carbocycles. The molecule has 132 valence electrons. The molecule has 0 spiro atoms. The highest BCUT2D eigenvalue weighted by Crippen LogP contribution is 2.50. The average molecular weight is 373 g/mol. The lowest BCUT2D eigenvalue weighted by Gasteiger charge is -2.13. The molecule has 0 N–H and O–H groups in total. The molecule has 0 unspecified atom stereocenters. The second kappa shape index (κ2) is 5.32. The van der Waals surface area contributed by atoms with E-state index in [0.717, 1.165) is 5.56 Å². The van der Waals surface area contributed by atoms with Gasteiger partial charge in [0.25, 0.3) is 6.29 Å². The monoisotopic (exact) mass is 372 g/mol. The molecule has 1 aromatic heterocycles. The van der Waals surface area contributed by atoms with Crippen molar-refractivity contribution in [3.05, 3.63) is 51.3 Å². The minimum atomic E-state index is -0.454. The zero-order valence-corrected chi connectivity index (χ0v) is 14.6. The van der Waals surface area contributed by atoms with Crippen molar-refractivity contribution in [2.45, 2.75) is 12.2 Å². The van der Waals surface area contributed by atoms with Crippen LogP contribution in [0.25, 0.3) is 21.9 Å². The minimum Gasteiger partial charge on any atom is -0.495 e. The van der Waals surface area contributed by atoms with Gasteiger partial charge in [0.05, 0.1) is 37.0 Å². The Kier molecular flexibility index (Phi) is 3.15. The van der Waals surface area contributed by atoms with Crippen LogP contribution in [0.3, 0.4) is 0 Å². The first-order chi connectivity index (χ1) is 12.6. The Morgan fingerprint density at radius 3 is 2.62 bits per heavy atom. The fourth-order valence-electron chi connectivity index (χ4n) is 3.67. The summed E-state index contributed by atoms with van der Waals surface area (Å²) in [7, 11) is 2.98. The van der Waals surface area contributed by atoms with E-state index in [0.29, 0.717) is 33.1 Å². The number of methoxy groups -OCH3 is 2. The maximum absolute atomic E-state index is 13.3. The Morgan fingerprint density at radius 1 is 1.08 bits per heavy atom. The molecule has 0 amide bonds. The molecule has 0 saturated heterocycles. The van der Waals surface area contributed by atoms with Crippen LogP contribution >= 0.6 is 11.6 Å². The molecule has 0 saturated carbocycles. The highest BCUT2D eigenvalue weighted by Gasteiger charge is 2.41. The Labute approximate surface area is 152 Å². The summed E-state index contributed by atoms with van der Waals surface area (Å²) < 4.78 is 28.2. The zero-order valence-electron chi connectivity index (χ0n) is 13.9. The number of ether oxygens (including phenoxy) is 4. The zero-order chi connectivity index (χ0) is 18.0. The minimum absolute atomic E-state index is 0.138. The molecule has 7 heteroatoms. The standard InChI is InChI=1S/C19H13ClO6/c1-22-17-9(20)3-4-10-14(17)16(21)15-12(25-10)7-11-13(18(15)23-2)8-5-6-24-19(8)26-11/h3-8,19H,1-2H3/t8-,19+/m1/s1. The van der Waals surface area contributed by atoms with Gasteiger partial charge in [-0.1, -0.05) is 11.6 Å². The van der Waals surface area contributed by atoms with Crippen molar-refractivity contribution in [1.29, 1.82) is 0 Å². The molecule has 3 aromatic rings. The molecule has 2 atom stereocenters. The van der Waals surface area contributed by atoms with Crippen molar-refractivity contribution in [3.8, 4) is 17.2 Å². The fourth-order valence-corrected chi connectivity index (χ4v) is 3.91. The lowest BCUT2D eigenvalue weighted by atomic mass is 9.97. The Bertz CT molecular complexity index is 1160. The summed E-state index contributed by atoms with van der Waals surface area (Å²) >= 11 is 6.18. The second-order valence-corrected chi connectivity index (χ2v) is 6.46. The number of hydrogen-bond acceptors (Lipinski definition) is 6. The lowest BCUT2D eigenvalue weighted by Crippen LogP contribution is -2.14. The highest BCUT2D eigenvalue weighted by molar-refractivity contribution is 6.33. The van der Waals surface area contributed by atoms with Gasteiger partial charge in [0.15, 0.2) is 5.75 Å². The van der Waals surface area contributed by atoms with E-state index in [1.807, 2.05) is 6.08 Å². The molecule has 0 radical (unpaired) electrons. The third kappa shape index (κ3) is 1.85. The van der Waals surface area contributed by atoms with E-state index in [2.05, 4.69) is 0 Å². The SMILES string of the molecule is COc1c(Cl)ccc2oc3cc4c(c(OC)c3c(=O)c12)[C@H]1C=CO[C@H]1O4. The van der Waals surface area contributed by atoms with Crippen molar-refractivity contribution in [1.82, 2.24) is 0 Å². The number of halogens is 1. The molecular formula is C19H13ClO6. The third-order valence-corrected chi connectivity index (χ3v) is 5.07. The van der Waals surface area contributed by atoms with E-state index in [1.165, 1.54) is 14.2 Å². The quantitative estimate of drug-likeness (QED) is 0.634. The van der Waals surface area contributed by atoms with Gasteiger partial charge in [-0.05, 0) is 18.2 Å². The van der Waals surface area contributed by atoms with Crippen LogP contribution in [0.15, 0.2) is 39.7 Å². The van der Waals surface area contributed by atoms with Crippen LogP contribution in [0.2, 0.25) is 5.02 Å². The van der Waals surface area contributed by atoms with E-state index in [-0.39, 0.29) is 22.5 Å². The van der Waals surface area contributed by atoms with Crippen LogP contribution in [-0.4, -0.2) is 20.5 Å². The molecule has 26 heavy (non-hydrogen) atoms. The Balaban J connectivity index is 1.95. The average Bonchev–Trinajstić information content (AvgIpc) is 3.21. The summed E-state index contributed by atoms with van der Waals surface area (Å²) in [6.45, 7) is 0. The number of hydrogen-bond donors (Lipinski definition) is 0. The van der Waals surface area contributed by atoms with E-state index in [4.69, 9.17) is 35.0 Å². The first kappa shape index (κ1) is 15.4. The van der Waals surface area contributed by atoms with Crippen molar-refractivity contribution in [2.75, 3.05) is 14.2 Å². The summed E-state index contributed by atoms with van der Waals surface area (Å²) in [5.74, 6) is 1.14. The summed E-state index contributed by atoms with van der Waals surface area (Å²) in [6.07, 6.45) is 3.02. The summed E-state index contributed by atoms with van der Waals surface area (Å²) in [5.41, 5.74) is 1.24. The molecular weight excluding hydrogens is 360 g/mol. The number of fused-ring (bicyclic) bond motifs is 5. The van der Waals surface area contributed by atoms with Gasteiger partial charge in [-0.15, -0.1) is 0 Å². The summed E-state index contributed by atoms with van der Waals surface area (Å²) in [5, 5.41) is 0.936. The molecule has 0 fully saturated rings. The van der Waals surface area contributed by atoms with Gasteiger partial charge in [0.1, 0.15) is 33.4 Å². The topological polar surface area (TPSA) is 67.1 Å². The smallest absolute Gasteiger partial charge is 0.250 e. The van der Waals surface area contributed by atoms with Gasteiger partial charge in [0.2, 0.25) is 5.43 Å². The molecule has 3 heterocycles. The predicted molar refractivity (Wildman–Crippen MR) is 95.5 cm³/mol. The highest BCUT2D eigenvalue weighted by atomic mass is 35.5. The van der Waals surface area contributed by atoms with Crippen LogP contribution in [0.5, 0.6) is 17.2 Å².